The SMILES string of the molecule is C[C@@]12Cc3[nH]nc(C(=O)Nc4cnn(C5CCC(CN6CCc7cc(N8CCC(=O)NC8=O)ccc7C6)CC5)c4)c3C[C@@H]1C2(F)F. The summed E-state index contributed by atoms with van der Waals surface area (Å²) in [5.74, 6) is -3.46. The molecule has 1 aromatic carbocycles. The van der Waals surface area contributed by atoms with Gasteiger partial charge in [0, 0.05) is 73.5 Å². The molecule has 4 amide bonds. The zero-order valence-electron chi connectivity index (χ0n) is 25.8. The predicted octanol–water partition coefficient (Wildman–Crippen LogP) is 4.46. The topological polar surface area (TPSA) is 128 Å². The van der Waals surface area contributed by atoms with E-state index >= 15 is 0 Å². The third-order valence-corrected chi connectivity index (χ3v) is 11.2. The van der Waals surface area contributed by atoms with E-state index in [0.717, 1.165) is 57.4 Å². The summed E-state index contributed by atoms with van der Waals surface area (Å²) < 4.78 is 30.5. The third-order valence-electron chi connectivity index (χ3n) is 11.2. The van der Waals surface area contributed by atoms with Crippen LogP contribution in [0.3, 0.4) is 0 Å². The average Bonchev–Trinajstić information content (AvgIpc) is 3.46. The Labute approximate surface area is 265 Å². The molecule has 13 heteroatoms. The highest BCUT2D eigenvalue weighted by Crippen LogP contribution is 2.70. The first-order valence-electron chi connectivity index (χ1n) is 16.3. The van der Waals surface area contributed by atoms with Crippen molar-refractivity contribution in [1.82, 2.24) is 30.2 Å². The Morgan fingerprint density at radius 1 is 1.11 bits per heavy atom. The summed E-state index contributed by atoms with van der Waals surface area (Å²) in [7, 11) is 0. The van der Waals surface area contributed by atoms with Crippen LogP contribution in [0.2, 0.25) is 0 Å². The van der Waals surface area contributed by atoms with E-state index in [1.54, 1.807) is 18.0 Å². The molecule has 11 nitrogen and oxygen atoms in total. The van der Waals surface area contributed by atoms with Crippen LogP contribution in [0.25, 0.3) is 0 Å². The summed E-state index contributed by atoms with van der Waals surface area (Å²) in [6.07, 6.45) is 9.33. The molecule has 1 saturated heterocycles. The van der Waals surface area contributed by atoms with Gasteiger partial charge in [-0.2, -0.15) is 10.2 Å². The summed E-state index contributed by atoms with van der Waals surface area (Å²) in [6, 6.07) is 6.11. The van der Waals surface area contributed by atoms with Gasteiger partial charge in [-0.1, -0.05) is 13.0 Å². The Balaban J connectivity index is 0.826. The number of carbonyl (C=O) groups is 3. The molecule has 3 aromatic rings. The minimum Gasteiger partial charge on any atom is -0.318 e. The quantitative estimate of drug-likeness (QED) is 0.368. The number of rotatable bonds is 6. The number of urea groups is 1. The first-order chi connectivity index (χ1) is 22.1. The van der Waals surface area contributed by atoms with E-state index in [1.807, 2.05) is 16.9 Å². The van der Waals surface area contributed by atoms with E-state index in [1.165, 1.54) is 11.1 Å². The van der Waals surface area contributed by atoms with Crippen molar-refractivity contribution in [2.24, 2.45) is 17.3 Å². The number of halogens is 2. The zero-order valence-corrected chi connectivity index (χ0v) is 25.8. The molecular weight excluding hydrogens is 594 g/mol. The number of amides is 4. The number of aromatic amines is 1. The van der Waals surface area contributed by atoms with Gasteiger partial charge in [-0.25, -0.2) is 13.6 Å². The maximum atomic E-state index is 14.3. The Hall–Kier alpha value is -4.13. The number of carbonyl (C=O) groups excluding carboxylic acids is 3. The Bertz CT molecular complexity index is 1730. The van der Waals surface area contributed by atoms with E-state index < -0.39 is 23.2 Å². The van der Waals surface area contributed by atoms with Crippen LogP contribution < -0.4 is 15.5 Å². The number of H-pyrrole nitrogens is 1. The number of nitrogens with one attached hydrogen (secondary N) is 3. The maximum absolute atomic E-state index is 14.3. The molecule has 5 aliphatic rings. The van der Waals surface area contributed by atoms with Crippen molar-refractivity contribution >= 4 is 29.2 Å². The lowest BCUT2D eigenvalue weighted by Crippen LogP contribution is -2.49. The molecule has 46 heavy (non-hydrogen) atoms. The first-order valence-corrected chi connectivity index (χ1v) is 16.3. The van der Waals surface area contributed by atoms with Gasteiger partial charge in [-0.15, -0.1) is 0 Å². The van der Waals surface area contributed by atoms with Gasteiger partial charge in [-0.05, 0) is 67.7 Å². The first kappa shape index (κ1) is 29.3. The Morgan fingerprint density at radius 2 is 1.93 bits per heavy atom. The molecule has 0 spiro atoms. The van der Waals surface area contributed by atoms with E-state index in [-0.39, 0.29) is 36.5 Å². The lowest BCUT2D eigenvalue weighted by Gasteiger charge is -2.35. The zero-order chi connectivity index (χ0) is 31.8. The lowest BCUT2D eigenvalue weighted by molar-refractivity contribution is -0.120. The minimum absolute atomic E-state index is 0.161. The molecule has 4 heterocycles. The second kappa shape index (κ2) is 10.7. The van der Waals surface area contributed by atoms with Gasteiger partial charge in [0.2, 0.25) is 5.91 Å². The summed E-state index contributed by atoms with van der Waals surface area (Å²) >= 11 is 0. The average molecular weight is 633 g/mol. The number of hydrogen-bond acceptors (Lipinski definition) is 6. The molecule has 2 aliphatic heterocycles. The summed E-state index contributed by atoms with van der Waals surface area (Å²) in [5.41, 5.74) is 4.38. The van der Waals surface area contributed by atoms with Gasteiger partial charge in [0.15, 0.2) is 5.69 Å². The highest BCUT2D eigenvalue weighted by Gasteiger charge is 2.78. The van der Waals surface area contributed by atoms with Crippen LogP contribution in [0.4, 0.5) is 25.0 Å². The molecule has 3 aliphatic carbocycles. The van der Waals surface area contributed by atoms with Crippen LogP contribution >= 0.6 is 0 Å². The molecule has 8 rings (SSSR count). The highest BCUT2D eigenvalue weighted by molar-refractivity contribution is 6.05. The maximum Gasteiger partial charge on any atom is 0.328 e. The molecule has 2 saturated carbocycles. The van der Waals surface area contributed by atoms with Crippen molar-refractivity contribution in [3.63, 3.8) is 0 Å². The predicted molar refractivity (Wildman–Crippen MR) is 165 cm³/mol. The van der Waals surface area contributed by atoms with Crippen LogP contribution in [-0.4, -0.2) is 68.3 Å². The standard InChI is InChI=1S/C33H38F2N8O3/c1-32-14-26-25(13-27(32)33(32,34)35)29(40-39-26)30(45)37-22-15-36-43(18-22)23-5-2-19(3-6-23)16-41-10-8-20-12-24(7-4-21(20)17-41)42-11-9-28(44)38-31(42)46/h4,7,12,15,18-19,23,27H,2-3,5-6,8-11,13-14,16-17H2,1H3,(H,37,45)(H,39,40)(H,38,44,46)/t19?,23?,27-,32+/m0/s1. The fourth-order valence-corrected chi connectivity index (χ4v) is 8.28. The fraction of sp³-hybridized carbons (Fsp3) is 0.545. The van der Waals surface area contributed by atoms with Gasteiger partial charge in [0.25, 0.3) is 11.8 Å². The summed E-state index contributed by atoms with van der Waals surface area (Å²) in [5, 5.41) is 16.8. The number of hydrogen-bond donors (Lipinski definition) is 3. The van der Waals surface area contributed by atoms with Crippen LogP contribution in [0.15, 0.2) is 30.6 Å². The van der Waals surface area contributed by atoms with Crippen molar-refractivity contribution < 1.29 is 23.2 Å². The molecule has 2 atom stereocenters. The van der Waals surface area contributed by atoms with E-state index in [0.29, 0.717) is 35.8 Å². The minimum atomic E-state index is -2.70. The summed E-state index contributed by atoms with van der Waals surface area (Å²) in [4.78, 5) is 41.0. The van der Waals surface area contributed by atoms with Gasteiger partial charge in [0.05, 0.1) is 17.9 Å². The van der Waals surface area contributed by atoms with Crippen LogP contribution in [0.1, 0.15) is 77.9 Å². The second-order valence-electron chi connectivity index (χ2n) is 14.0. The molecule has 0 unspecified atom stereocenters. The molecular formula is C33H38F2N8O3. The van der Waals surface area contributed by atoms with E-state index in [4.69, 9.17) is 0 Å². The Kier molecular flexibility index (Phi) is 6.82. The molecule has 2 aromatic heterocycles. The number of nitrogens with zero attached hydrogens (tertiary/aromatic N) is 5. The molecule has 242 valence electrons. The number of aromatic nitrogens is 4. The smallest absolute Gasteiger partial charge is 0.318 e. The number of alkyl halides is 2. The third kappa shape index (κ3) is 4.90. The molecule has 0 radical (unpaired) electrons. The fourth-order valence-electron chi connectivity index (χ4n) is 8.28. The molecule has 3 fully saturated rings. The lowest BCUT2D eigenvalue weighted by atomic mass is 9.85. The van der Waals surface area contributed by atoms with Gasteiger partial charge in [0.1, 0.15) is 0 Å². The van der Waals surface area contributed by atoms with Crippen molar-refractivity contribution in [3.05, 3.63) is 58.7 Å². The van der Waals surface area contributed by atoms with Gasteiger partial charge in [-0.3, -0.25) is 34.5 Å². The normalized spacial score (nSPS) is 28.6. The number of anilines is 2. The van der Waals surface area contributed by atoms with Gasteiger partial charge >= 0.3 is 6.03 Å². The monoisotopic (exact) mass is 632 g/mol. The van der Waals surface area contributed by atoms with Crippen molar-refractivity contribution in [1.29, 1.82) is 0 Å². The van der Waals surface area contributed by atoms with Crippen LogP contribution in [-0.2, 0) is 30.6 Å². The van der Waals surface area contributed by atoms with Crippen molar-refractivity contribution in [2.75, 3.05) is 29.9 Å². The molecule has 3 N–H and O–H groups in total. The highest BCUT2D eigenvalue weighted by atomic mass is 19.3. The van der Waals surface area contributed by atoms with Crippen molar-refractivity contribution in [2.45, 2.75) is 76.8 Å². The number of fused-ring (bicyclic) bond motifs is 3. The molecule has 0 bridgehead atoms. The Morgan fingerprint density at radius 3 is 2.74 bits per heavy atom. The van der Waals surface area contributed by atoms with Crippen LogP contribution in [0.5, 0.6) is 0 Å². The largest absolute Gasteiger partial charge is 0.328 e. The summed E-state index contributed by atoms with van der Waals surface area (Å²) in [6.45, 7) is 4.93. The van der Waals surface area contributed by atoms with Gasteiger partial charge < -0.3 is 5.32 Å². The van der Waals surface area contributed by atoms with Crippen LogP contribution in [0, 0.1) is 17.3 Å². The van der Waals surface area contributed by atoms with E-state index in [2.05, 4.69) is 43.0 Å². The van der Waals surface area contributed by atoms with E-state index in [9.17, 15) is 23.2 Å². The second-order valence-corrected chi connectivity index (χ2v) is 14.0. The number of benzene rings is 1. The van der Waals surface area contributed by atoms with Crippen molar-refractivity contribution in [3.8, 4) is 0 Å². The number of imide groups is 1.